The highest BCUT2D eigenvalue weighted by Gasteiger charge is 2.37. The fraction of sp³-hybridized carbons (Fsp3) is 0.333. The summed E-state index contributed by atoms with van der Waals surface area (Å²) in [5.41, 5.74) is 1.74. The Kier molecular flexibility index (Phi) is 2.36. The Balaban J connectivity index is 1.79. The summed E-state index contributed by atoms with van der Waals surface area (Å²) in [6, 6.07) is 8.11. The first-order chi connectivity index (χ1) is 9.74. The van der Waals surface area contributed by atoms with Crippen LogP contribution in [0.25, 0.3) is 10.9 Å². The van der Waals surface area contributed by atoms with E-state index < -0.39 is 0 Å². The van der Waals surface area contributed by atoms with Crippen LogP contribution in [0, 0.1) is 0 Å². The van der Waals surface area contributed by atoms with E-state index in [-0.39, 0.29) is 6.09 Å². The van der Waals surface area contributed by atoms with Crippen molar-refractivity contribution in [1.82, 2.24) is 9.88 Å². The first-order valence-corrected chi connectivity index (χ1v) is 6.71. The van der Waals surface area contributed by atoms with Crippen molar-refractivity contribution in [2.45, 2.75) is 25.4 Å². The average Bonchev–Trinajstić information content (AvgIpc) is 3.28. The second-order valence-corrected chi connectivity index (χ2v) is 5.24. The molecule has 2 aromatic rings. The average molecular weight is 270 g/mol. The molecule has 0 bridgehead atoms. The minimum Gasteiger partial charge on any atom is -0.497 e. The molecule has 0 unspecified atom stereocenters. The minimum atomic E-state index is -0.283. The van der Waals surface area contributed by atoms with E-state index in [2.05, 4.69) is 4.98 Å². The second-order valence-electron chi connectivity index (χ2n) is 5.24. The first-order valence-electron chi connectivity index (χ1n) is 6.71. The van der Waals surface area contributed by atoms with Crippen molar-refractivity contribution in [2.75, 3.05) is 7.11 Å². The number of rotatable bonds is 2. The van der Waals surface area contributed by atoms with Crippen molar-refractivity contribution in [3.8, 4) is 11.6 Å². The third kappa shape index (κ3) is 1.78. The monoisotopic (exact) mass is 270 g/mol. The molecule has 1 saturated carbocycles. The van der Waals surface area contributed by atoms with E-state index in [4.69, 9.17) is 9.47 Å². The number of aromatic nitrogens is 1. The highest BCUT2D eigenvalue weighted by atomic mass is 16.6. The van der Waals surface area contributed by atoms with Gasteiger partial charge in [0.25, 0.3) is 0 Å². The second kappa shape index (κ2) is 4.10. The van der Waals surface area contributed by atoms with E-state index in [1.165, 1.54) is 0 Å². The van der Waals surface area contributed by atoms with E-state index in [0.29, 0.717) is 18.5 Å². The molecule has 1 aliphatic heterocycles. The van der Waals surface area contributed by atoms with Crippen LogP contribution >= 0.6 is 0 Å². The van der Waals surface area contributed by atoms with Crippen LogP contribution in [0.4, 0.5) is 4.79 Å². The number of amides is 1. The molecule has 0 saturated heterocycles. The smallest absolute Gasteiger partial charge is 0.417 e. The summed E-state index contributed by atoms with van der Waals surface area (Å²) in [4.78, 5) is 18.2. The molecule has 0 radical (unpaired) electrons. The minimum absolute atomic E-state index is 0.283. The van der Waals surface area contributed by atoms with E-state index in [9.17, 15) is 4.79 Å². The summed E-state index contributed by atoms with van der Waals surface area (Å²) < 4.78 is 10.6. The van der Waals surface area contributed by atoms with Gasteiger partial charge in [0.15, 0.2) is 0 Å². The number of benzene rings is 1. The largest absolute Gasteiger partial charge is 0.497 e. The van der Waals surface area contributed by atoms with Gasteiger partial charge in [0.1, 0.15) is 5.75 Å². The quantitative estimate of drug-likeness (QED) is 0.842. The van der Waals surface area contributed by atoms with Gasteiger partial charge in [-0.15, -0.1) is 0 Å². The lowest BCUT2D eigenvalue weighted by Gasteiger charge is -2.27. The molecule has 4 rings (SSSR count). The lowest BCUT2D eigenvalue weighted by molar-refractivity contribution is 0.133. The molecule has 1 amide bonds. The van der Waals surface area contributed by atoms with Crippen molar-refractivity contribution in [2.24, 2.45) is 0 Å². The Bertz CT molecular complexity index is 710. The molecule has 2 aliphatic rings. The van der Waals surface area contributed by atoms with Gasteiger partial charge >= 0.3 is 6.09 Å². The normalized spacial score (nSPS) is 17.9. The molecule has 1 aromatic heterocycles. The molecule has 5 heteroatoms. The SMILES string of the molecule is COc1ccc2cc3c(nc2c1)OC(=O)N(C1CC1)C3. The maximum Gasteiger partial charge on any atom is 0.417 e. The summed E-state index contributed by atoms with van der Waals surface area (Å²) in [7, 11) is 1.62. The molecule has 1 fully saturated rings. The molecule has 20 heavy (non-hydrogen) atoms. The summed E-state index contributed by atoms with van der Waals surface area (Å²) in [5, 5.41) is 1.03. The molecule has 0 atom stereocenters. The van der Waals surface area contributed by atoms with Crippen molar-refractivity contribution < 1.29 is 14.3 Å². The van der Waals surface area contributed by atoms with Gasteiger partial charge in [-0.1, -0.05) is 0 Å². The third-order valence-corrected chi connectivity index (χ3v) is 3.81. The lowest BCUT2D eigenvalue weighted by atomic mass is 10.1. The van der Waals surface area contributed by atoms with E-state index >= 15 is 0 Å². The number of carbonyl (C=O) groups excluding carboxylic acids is 1. The summed E-state index contributed by atoms with van der Waals surface area (Å²) in [6.45, 7) is 0.591. The Hall–Kier alpha value is -2.30. The van der Waals surface area contributed by atoms with Crippen molar-refractivity contribution in [3.63, 3.8) is 0 Å². The molecule has 0 spiro atoms. The number of hydrogen-bond acceptors (Lipinski definition) is 4. The number of fused-ring (bicyclic) bond motifs is 2. The molecular weight excluding hydrogens is 256 g/mol. The fourth-order valence-corrected chi connectivity index (χ4v) is 2.56. The van der Waals surface area contributed by atoms with Crippen LogP contribution in [0.15, 0.2) is 24.3 Å². The van der Waals surface area contributed by atoms with Gasteiger partial charge in [-0.05, 0) is 31.0 Å². The van der Waals surface area contributed by atoms with Crippen LogP contribution < -0.4 is 9.47 Å². The van der Waals surface area contributed by atoms with Gasteiger partial charge in [-0.2, -0.15) is 0 Å². The summed E-state index contributed by atoms with van der Waals surface area (Å²) in [6.07, 6.45) is 1.86. The standard InChI is InChI=1S/C15H14N2O3/c1-19-12-5-2-9-6-10-8-17(11-3-4-11)15(18)20-14(10)16-13(9)7-12/h2,5-7,11H,3-4,8H2,1H3. The Morgan fingerprint density at radius 1 is 1.35 bits per heavy atom. The molecule has 0 N–H and O–H groups in total. The van der Waals surface area contributed by atoms with Crippen LogP contribution in [0.2, 0.25) is 0 Å². The van der Waals surface area contributed by atoms with Gasteiger partial charge in [0, 0.05) is 23.1 Å². The summed E-state index contributed by atoms with van der Waals surface area (Å²) >= 11 is 0. The predicted octanol–water partition coefficient (Wildman–Crippen LogP) is 2.72. The fourth-order valence-electron chi connectivity index (χ4n) is 2.56. The predicted molar refractivity (Wildman–Crippen MR) is 72.9 cm³/mol. The molecule has 5 nitrogen and oxygen atoms in total. The molecular formula is C15H14N2O3. The van der Waals surface area contributed by atoms with Gasteiger partial charge in [0.05, 0.1) is 19.2 Å². The van der Waals surface area contributed by atoms with Crippen molar-refractivity contribution in [1.29, 1.82) is 0 Å². The first kappa shape index (κ1) is 11.5. The van der Waals surface area contributed by atoms with E-state index in [1.807, 2.05) is 24.3 Å². The number of pyridine rings is 1. The zero-order valence-corrected chi connectivity index (χ0v) is 11.1. The van der Waals surface area contributed by atoms with Crippen LogP contribution in [0.5, 0.6) is 11.6 Å². The van der Waals surface area contributed by atoms with Crippen molar-refractivity contribution in [3.05, 3.63) is 29.8 Å². The van der Waals surface area contributed by atoms with Gasteiger partial charge in [-0.3, -0.25) is 0 Å². The van der Waals surface area contributed by atoms with E-state index in [1.54, 1.807) is 12.0 Å². The van der Waals surface area contributed by atoms with Crippen LogP contribution in [-0.2, 0) is 6.54 Å². The van der Waals surface area contributed by atoms with E-state index in [0.717, 1.165) is 35.1 Å². The zero-order valence-electron chi connectivity index (χ0n) is 11.1. The molecule has 102 valence electrons. The van der Waals surface area contributed by atoms with Gasteiger partial charge in [0.2, 0.25) is 5.88 Å². The zero-order chi connectivity index (χ0) is 13.7. The molecule has 2 heterocycles. The van der Waals surface area contributed by atoms with Crippen LogP contribution in [-0.4, -0.2) is 29.1 Å². The van der Waals surface area contributed by atoms with Gasteiger partial charge in [-0.25, -0.2) is 9.78 Å². The number of methoxy groups -OCH3 is 1. The third-order valence-electron chi connectivity index (χ3n) is 3.81. The number of ether oxygens (including phenoxy) is 2. The Morgan fingerprint density at radius 2 is 2.20 bits per heavy atom. The molecule has 1 aliphatic carbocycles. The number of carbonyl (C=O) groups is 1. The van der Waals surface area contributed by atoms with Crippen LogP contribution in [0.1, 0.15) is 18.4 Å². The number of nitrogens with zero attached hydrogens (tertiary/aromatic N) is 2. The Morgan fingerprint density at radius 3 is 2.95 bits per heavy atom. The van der Waals surface area contributed by atoms with Gasteiger partial charge < -0.3 is 14.4 Å². The molecule has 1 aromatic carbocycles. The Labute approximate surface area is 116 Å². The number of hydrogen-bond donors (Lipinski definition) is 0. The highest BCUT2D eigenvalue weighted by molar-refractivity contribution is 5.83. The topological polar surface area (TPSA) is 51.7 Å². The highest BCUT2D eigenvalue weighted by Crippen LogP contribution is 2.35. The maximum atomic E-state index is 11.9. The summed E-state index contributed by atoms with van der Waals surface area (Å²) in [5.74, 6) is 1.17. The lowest BCUT2D eigenvalue weighted by Crippen LogP contribution is -2.38. The maximum absolute atomic E-state index is 11.9. The van der Waals surface area contributed by atoms with Crippen molar-refractivity contribution >= 4 is 17.0 Å². The van der Waals surface area contributed by atoms with Crippen LogP contribution in [0.3, 0.4) is 0 Å².